The molecular formula is C18H18O. The summed E-state index contributed by atoms with van der Waals surface area (Å²) < 4.78 is 6.16. The van der Waals surface area contributed by atoms with Crippen molar-refractivity contribution in [3.8, 4) is 11.1 Å². The van der Waals surface area contributed by atoms with Gasteiger partial charge in [0.15, 0.2) is 0 Å². The van der Waals surface area contributed by atoms with Crippen LogP contribution < -0.4 is 0 Å². The quantitative estimate of drug-likeness (QED) is 0.733. The van der Waals surface area contributed by atoms with Crippen molar-refractivity contribution in [3.05, 3.63) is 59.7 Å². The summed E-state index contributed by atoms with van der Waals surface area (Å²) in [6, 6.07) is 17.5. The fourth-order valence-electron chi connectivity index (χ4n) is 3.60. The van der Waals surface area contributed by atoms with Gasteiger partial charge in [-0.2, -0.15) is 0 Å². The van der Waals surface area contributed by atoms with Gasteiger partial charge in [0.1, 0.15) is 0 Å². The van der Waals surface area contributed by atoms with Gasteiger partial charge in [-0.05, 0) is 48.4 Å². The van der Waals surface area contributed by atoms with Gasteiger partial charge in [0.05, 0.1) is 11.7 Å². The number of hydrogen-bond donors (Lipinski definition) is 0. The van der Waals surface area contributed by atoms with Gasteiger partial charge in [0, 0.05) is 0 Å². The summed E-state index contributed by atoms with van der Waals surface area (Å²) in [6.07, 6.45) is 3.87. The van der Waals surface area contributed by atoms with Crippen molar-refractivity contribution in [2.45, 2.75) is 37.9 Å². The number of fused-ring (bicyclic) bond motifs is 4. The molecule has 1 saturated heterocycles. The van der Waals surface area contributed by atoms with Gasteiger partial charge in [-0.1, -0.05) is 48.5 Å². The minimum absolute atomic E-state index is 0.0343. The molecule has 2 atom stereocenters. The lowest BCUT2D eigenvalue weighted by Crippen LogP contribution is -2.29. The maximum atomic E-state index is 6.16. The first kappa shape index (κ1) is 11.2. The van der Waals surface area contributed by atoms with Crippen molar-refractivity contribution in [1.82, 2.24) is 0 Å². The van der Waals surface area contributed by atoms with Crippen LogP contribution in [0.4, 0.5) is 0 Å². The molecule has 96 valence electrons. The molecule has 1 fully saturated rings. The summed E-state index contributed by atoms with van der Waals surface area (Å²) in [5.74, 6) is 0. The van der Waals surface area contributed by atoms with Crippen LogP contribution in [-0.2, 0) is 16.8 Å². The van der Waals surface area contributed by atoms with E-state index in [2.05, 4.69) is 55.5 Å². The van der Waals surface area contributed by atoms with E-state index in [4.69, 9.17) is 4.74 Å². The van der Waals surface area contributed by atoms with E-state index in [-0.39, 0.29) is 5.60 Å². The van der Waals surface area contributed by atoms with E-state index in [0.717, 1.165) is 12.8 Å². The lowest BCUT2D eigenvalue weighted by atomic mass is 9.87. The molecule has 2 heterocycles. The van der Waals surface area contributed by atoms with Crippen LogP contribution in [0.1, 0.15) is 30.9 Å². The molecule has 4 rings (SSSR count). The molecule has 2 aromatic rings. The Hall–Kier alpha value is -1.60. The summed E-state index contributed by atoms with van der Waals surface area (Å²) in [6.45, 7) is 2.24. The molecule has 19 heavy (non-hydrogen) atoms. The van der Waals surface area contributed by atoms with Crippen LogP contribution in [0.3, 0.4) is 0 Å². The summed E-state index contributed by atoms with van der Waals surface area (Å²) in [7, 11) is 0. The van der Waals surface area contributed by atoms with Crippen LogP contribution in [0.2, 0.25) is 0 Å². The summed E-state index contributed by atoms with van der Waals surface area (Å²) >= 11 is 0. The predicted octanol–water partition coefficient (Wildman–Crippen LogP) is 4.30. The Kier molecular flexibility index (Phi) is 2.33. The number of hydrogen-bond acceptors (Lipinski definition) is 1. The zero-order valence-electron chi connectivity index (χ0n) is 11.2. The molecule has 0 amide bonds. The highest BCUT2D eigenvalue weighted by atomic mass is 16.5. The first-order valence-electron chi connectivity index (χ1n) is 7.11. The van der Waals surface area contributed by atoms with Crippen molar-refractivity contribution in [2.75, 3.05) is 0 Å². The monoisotopic (exact) mass is 250 g/mol. The second-order valence-corrected chi connectivity index (χ2v) is 5.95. The second-order valence-electron chi connectivity index (χ2n) is 5.95. The molecule has 0 saturated carbocycles. The first-order chi connectivity index (χ1) is 9.24. The molecule has 0 unspecified atom stereocenters. The number of benzene rings is 2. The summed E-state index contributed by atoms with van der Waals surface area (Å²) in [4.78, 5) is 0. The van der Waals surface area contributed by atoms with E-state index in [1.165, 1.54) is 28.7 Å². The molecule has 0 N–H and O–H groups in total. The smallest absolute Gasteiger partial charge is 0.0910 e. The molecule has 1 heteroatoms. The maximum Gasteiger partial charge on any atom is 0.0910 e. The third-order valence-corrected chi connectivity index (χ3v) is 4.60. The minimum atomic E-state index is -0.0343. The van der Waals surface area contributed by atoms with Gasteiger partial charge in [-0.25, -0.2) is 0 Å². The van der Waals surface area contributed by atoms with E-state index in [0.29, 0.717) is 6.10 Å². The van der Waals surface area contributed by atoms with Gasteiger partial charge in [0.25, 0.3) is 0 Å². The Labute approximate surface area is 114 Å². The van der Waals surface area contributed by atoms with Crippen LogP contribution in [-0.4, -0.2) is 6.10 Å². The Balaban J connectivity index is 1.82. The fraction of sp³-hybridized carbons (Fsp3) is 0.333. The third kappa shape index (κ3) is 1.73. The molecule has 2 aliphatic heterocycles. The van der Waals surface area contributed by atoms with Gasteiger partial charge >= 0.3 is 0 Å². The van der Waals surface area contributed by atoms with Crippen LogP contribution in [0, 0.1) is 0 Å². The molecule has 0 spiro atoms. The van der Waals surface area contributed by atoms with Crippen molar-refractivity contribution >= 4 is 0 Å². The summed E-state index contributed by atoms with van der Waals surface area (Å²) in [5, 5.41) is 0. The average Bonchev–Trinajstić information content (AvgIpc) is 2.76. The zero-order valence-corrected chi connectivity index (χ0v) is 11.2. The lowest BCUT2D eigenvalue weighted by molar-refractivity contribution is -0.0437. The van der Waals surface area contributed by atoms with Crippen LogP contribution in [0.25, 0.3) is 11.1 Å². The SMILES string of the molecule is C[C@@]12CC[C@@H](Cc3cc(-c4ccccc4)ccc31)O2. The molecule has 2 aliphatic rings. The van der Waals surface area contributed by atoms with Crippen molar-refractivity contribution < 1.29 is 4.74 Å². The van der Waals surface area contributed by atoms with Crippen molar-refractivity contribution in [1.29, 1.82) is 0 Å². The minimum Gasteiger partial charge on any atom is -0.367 e. The van der Waals surface area contributed by atoms with Gasteiger partial charge in [-0.15, -0.1) is 0 Å². The van der Waals surface area contributed by atoms with Crippen LogP contribution >= 0.6 is 0 Å². The Bertz CT molecular complexity index is 617. The molecule has 0 aliphatic carbocycles. The molecule has 2 aromatic carbocycles. The lowest BCUT2D eigenvalue weighted by Gasteiger charge is -2.33. The topological polar surface area (TPSA) is 9.23 Å². The van der Waals surface area contributed by atoms with E-state index in [9.17, 15) is 0 Å². The maximum absolute atomic E-state index is 6.16. The number of ether oxygens (including phenoxy) is 1. The van der Waals surface area contributed by atoms with E-state index in [1.807, 2.05) is 0 Å². The Morgan fingerprint density at radius 2 is 1.89 bits per heavy atom. The van der Waals surface area contributed by atoms with Crippen molar-refractivity contribution in [3.63, 3.8) is 0 Å². The number of rotatable bonds is 1. The van der Waals surface area contributed by atoms with Crippen LogP contribution in [0.15, 0.2) is 48.5 Å². The second kappa shape index (κ2) is 3.94. The predicted molar refractivity (Wildman–Crippen MR) is 77.0 cm³/mol. The zero-order chi connectivity index (χ0) is 12.9. The van der Waals surface area contributed by atoms with E-state index in [1.54, 1.807) is 0 Å². The normalized spacial score (nSPS) is 28.2. The highest BCUT2D eigenvalue weighted by molar-refractivity contribution is 5.65. The van der Waals surface area contributed by atoms with E-state index < -0.39 is 0 Å². The first-order valence-corrected chi connectivity index (χ1v) is 7.11. The summed E-state index contributed by atoms with van der Waals surface area (Å²) in [5.41, 5.74) is 5.48. The molecule has 0 aromatic heterocycles. The van der Waals surface area contributed by atoms with Crippen molar-refractivity contribution in [2.24, 2.45) is 0 Å². The van der Waals surface area contributed by atoms with Gasteiger partial charge < -0.3 is 4.74 Å². The third-order valence-electron chi connectivity index (χ3n) is 4.60. The molecule has 0 radical (unpaired) electrons. The molecule has 1 nitrogen and oxygen atoms in total. The molecule has 2 bridgehead atoms. The van der Waals surface area contributed by atoms with Crippen LogP contribution in [0.5, 0.6) is 0 Å². The highest BCUT2D eigenvalue weighted by Gasteiger charge is 2.42. The van der Waals surface area contributed by atoms with Gasteiger partial charge in [-0.3, -0.25) is 0 Å². The van der Waals surface area contributed by atoms with E-state index >= 15 is 0 Å². The Morgan fingerprint density at radius 3 is 2.74 bits per heavy atom. The Morgan fingerprint density at radius 1 is 1.05 bits per heavy atom. The average molecular weight is 250 g/mol. The highest BCUT2D eigenvalue weighted by Crippen LogP contribution is 2.46. The van der Waals surface area contributed by atoms with Gasteiger partial charge in [0.2, 0.25) is 0 Å². The largest absolute Gasteiger partial charge is 0.367 e. The fourth-order valence-corrected chi connectivity index (χ4v) is 3.60. The molecular weight excluding hydrogens is 232 g/mol. The standard InChI is InChI=1S/C18H18O/c1-18-10-9-16(19-18)12-15-11-14(7-8-17(15)18)13-5-3-2-4-6-13/h2-8,11,16H,9-10,12H2,1H3/t16-,18+/m0/s1.